The highest BCUT2D eigenvalue weighted by Gasteiger charge is 2.31. The normalized spacial score (nSPS) is 18.7. The Bertz CT molecular complexity index is 563. The van der Waals surface area contributed by atoms with Crippen molar-refractivity contribution < 1.29 is 27.5 Å². The van der Waals surface area contributed by atoms with E-state index in [2.05, 4.69) is 15.4 Å². The van der Waals surface area contributed by atoms with Crippen molar-refractivity contribution in [1.82, 2.24) is 10.6 Å². The smallest absolute Gasteiger partial charge is 0.406 e. The van der Waals surface area contributed by atoms with Gasteiger partial charge in [0.05, 0.1) is 0 Å². The first kappa shape index (κ1) is 17.5. The summed E-state index contributed by atoms with van der Waals surface area (Å²) in [5.41, 5.74) is 0.625. The number of amides is 2. The Kier molecular flexibility index (Phi) is 5.75. The van der Waals surface area contributed by atoms with Crippen LogP contribution in [0.1, 0.15) is 12.0 Å². The van der Waals surface area contributed by atoms with Gasteiger partial charge in [-0.3, -0.25) is 9.59 Å². The topological polar surface area (TPSA) is 67.4 Å². The molecule has 0 radical (unpaired) electrons. The number of ether oxygens (including phenoxy) is 1. The lowest BCUT2D eigenvalue weighted by Crippen LogP contribution is -2.47. The summed E-state index contributed by atoms with van der Waals surface area (Å²) in [7, 11) is 0. The van der Waals surface area contributed by atoms with Gasteiger partial charge in [0.25, 0.3) is 0 Å². The van der Waals surface area contributed by atoms with Crippen molar-refractivity contribution in [3.05, 3.63) is 29.8 Å². The lowest BCUT2D eigenvalue weighted by molar-refractivity contribution is -0.274. The minimum atomic E-state index is -4.73. The van der Waals surface area contributed by atoms with Gasteiger partial charge in [-0.1, -0.05) is 12.1 Å². The molecule has 1 aliphatic heterocycles. The van der Waals surface area contributed by atoms with Crippen molar-refractivity contribution in [3.63, 3.8) is 0 Å². The number of rotatable bonds is 4. The Hall–Kier alpha value is -1.90. The lowest BCUT2D eigenvalue weighted by atomic mass is 10.2. The number of halogens is 3. The quantitative estimate of drug-likeness (QED) is 0.871. The van der Waals surface area contributed by atoms with Gasteiger partial charge in [-0.15, -0.1) is 13.2 Å². The molecule has 5 nitrogen and oxygen atoms in total. The van der Waals surface area contributed by atoms with Crippen LogP contribution in [0.5, 0.6) is 5.75 Å². The second-order valence-electron chi connectivity index (χ2n) is 4.85. The Morgan fingerprint density at radius 2 is 2.04 bits per heavy atom. The fourth-order valence-electron chi connectivity index (χ4n) is 1.94. The average Bonchev–Trinajstić information content (AvgIpc) is 2.69. The van der Waals surface area contributed by atoms with Gasteiger partial charge in [0.15, 0.2) is 0 Å². The van der Waals surface area contributed by atoms with Gasteiger partial charge < -0.3 is 15.4 Å². The average molecular weight is 348 g/mol. The standard InChI is InChI=1S/C14H15F3N2O3S/c15-14(16,17)22-10-3-1-9(2-4-10)7-18-13(21)11-8-23-6-5-12(20)19-11/h1-4,11H,5-8H2,(H,18,21)(H,19,20)/t11-/m0/s1. The second kappa shape index (κ2) is 7.58. The third-order valence-electron chi connectivity index (χ3n) is 3.03. The van der Waals surface area contributed by atoms with E-state index in [-0.39, 0.29) is 24.1 Å². The summed E-state index contributed by atoms with van der Waals surface area (Å²) in [6.45, 7) is 0.155. The summed E-state index contributed by atoms with van der Waals surface area (Å²) < 4.78 is 39.9. The number of nitrogens with one attached hydrogen (secondary N) is 2. The van der Waals surface area contributed by atoms with E-state index in [1.165, 1.54) is 36.0 Å². The SMILES string of the molecule is O=C1CCSC[C@@H](C(=O)NCc2ccc(OC(F)(F)F)cc2)N1. The maximum atomic E-state index is 12.1. The first-order chi connectivity index (χ1) is 10.8. The lowest BCUT2D eigenvalue weighted by Gasteiger charge is -2.15. The molecular weight excluding hydrogens is 333 g/mol. The molecule has 0 saturated carbocycles. The molecule has 23 heavy (non-hydrogen) atoms. The third-order valence-corrected chi connectivity index (χ3v) is 4.10. The zero-order valence-electron chi connectivity index (χ0n) is 12.0. The van der Waals surface area contributed by atoms with Gasteiger partial charge in [0.1, 0.15) is 11.8 Å². The number of carbonyl (C=O) groups is 2. The van der Waals surface area contributed by atoms with E-state index < -0.39 is 12.4 Å². The number of carbonyl (C=O) groups excluding carboxylic acids is 2. The molecule has 0 aliphatic carbocycles. The van der Waals surface area contributed by atoms with Crippen molar-refractivity contribution in [2.75, 3.05) is 11.5 Å². The molecule has 1 aromatic carbocycles. The Labute approximate surface area is 135 Å². The van der Waals surface area contributed by atoms with Crippen LogP contribution in [-0.4, -0.2) is 35.7 Å². The number of alkyl halides is 3. The zero-order valence-corrected chi connectivity index (χ0v) is 12.8. The molecule has 9 heteroatoms. The molecule has 1 heterocycles. The fraction of sp³-hybridized carbons (Fsp3) is 0.429. The van der Waals surface area contributed by atoms with Gasteiger partial charge in [0.2, 0.25) is 11.8 Å². The minimum absolute atomic E-state index is 0.155. The largest absolute Gasteiger partial charge is 0.573 e. The molecule has 0 bridgehead atoms. The van der Waals surface area contributed by atoms with Crippen LogP contribution in [0.15, 0.2) is 24.3 Å². The highest BCUT2D eigenvalue weighted by molar-refractivity contribution is 7.99. The molecule has 0 spiro atoms. The van der Waals surface area contributed by atoms with Gasteiger partial charge in [-0.05, 0) is 17.7 Å². The molecule has 1 saturated heterocycles. The van der Waals surface area contributed by atoms with Gasteiger partial charge in [-0.2, -0.15) is 11.8 Å². The Balaban J connectivity index is 1.85. The summed E-state index contributed by atoms with van der Waals surface area (Å²) in [5.74, 6) is 0.374. The van der Waals surface area contributed by atoms with E-state index in [1.54, 1.807) is 0 Å². The maximum absolute atomic E-state index is 12.1. The molecule has 126 valence electrons. The van der Waals surface area contributed by atoms with Crippen LogP contribution in [0.3, 0.4) is 0 Å². The fourth-order valence-corrected chi connectivity index (χ4v) is 2.90. The molecule has 1 aromatic rings. The van der Waals surface area contributed by atoms with E-state index in [1.807, 2.05) is 0 Å². The summed E-state index contributed by atoms with van der Waals surface area (Å²) in [5, 5.41) is 5.29. The number of benzene rings is 1. The van der Waals surface area contributed by atoms with Crippen LogP contribution in [0.4, 0.5) is 13.2 Å². The zero-order chi connectivity index (χ0) is 16.9. The van der Waals surface area contributed by atoms with E-state index in [4.69, 9.17) is 0 Å². The number of hydrogen-bond acceptors (Lipinski definition) is 4. The van der Waals surface area contributed by atoms with E-state index >= 15 is 0 Å². The van der Waals surface area contributed by atoms with Gasteiger partial charge in [0, 0.05) is 24.5 Å². The third kappa shape index (κ3) is 6.01. The minimum Gasteiger partial charge on any atom is -0.406 e. The molecule has 1 aliphatic rings. The van der Waals surface area contributed by atoms with E-state index in [0.29, 0.717) is 23.5 Å². The number of hydrogen-bond donors (Lipinski definition) is 2. The monoisotopic (exact) mass is 348 g/mol. The van der Waals surface area contributed by atoms with Crippen molar-refractivity contribution in [2.45, 2.75) is 25.4 Å². The second-order valence-corrected chi connectivity index (χ2v) is 6.00. The highest BCUT2D eigenvalue weighted by Crippen LogP contribution is 2.22. The molecular formula is C14H15F3N2O3S. The molecule has 0 aromatic heterocycles. The van der Waals surface area contributed by atoms with Gasteiger partial charge in [-0.25, -0.2) is 0 Å². The van der Waals surface area contributed by atoms with E-state index in [0.717, 1.165) is 0 Å². The summed E-state index contributed by atoms with van der Waals surface area (Å²) in [6, 6.07) is 4.63. The first-order valence-electron chi connectivity index (χ1n) is 6.83. The molecule has 2 amide bonds. The molecule has 0 unspecified atom stereocenters. The van der Waals surface area contributed by atoms with Crippen LogP contribution < -0.4 is 15.4 Å². The summed E-state index contributed by atoms with van der Waals surface area (Å²) in [6.07, 6.45) is -4.35. The molecule has 1 atom stereocenters. The number of thioether (sulfide) groups is 1. The molecule has 1 fully saturated rings. The summed E-state index contributed by atoms with van der Waals surface area (Å²) >= 11 is 1.52. The van der Waals surface area contributed by atoms with Crippen LogP contribution in [-0.2, 0) is 16.1 Å². The van der Waals surface area contributed by atoms with Crippen molar-refractivity contribution in [2.24, 2.45) is 0 Å². The maximum Gasteiger partial charge on any atom is 0.573 e. The van der Waals surface area contributed by atoms with Crippen molar-refractivity contribution in [3.8, 4) is 5.75 Å². The van der Waals surface area contributed by atoms with Crippen LogP contribution in [0, 0.1) is 0 Å². The predicted molar refractivity (Wildman–Crippen MR) is 78.8 cm³/mol. The van der Waals surface area contributed by atoms with Crippen molar-refractivity contribution >= 4 is 23.6 Å². The van der Waals surface area contributed by atoms with Crippen molar-refractivity contribution in [1.29, 1.82) is 0 Å². The highest BCUT2D eigenvalue weighted by atomic mass is 32.2. The Morgan fingerprint density at radius 3 is 2.70 bits per heavy atom. The Morgan fingerprint density at radius 1 is 1.35 bits per heavy atom. The van der Waals surface area contributed by atoms with Crippen LogP contribution in [0.2, 0.25) is 0 Å². The van der Waals surface area contributed by atoms with Crippen LogP contribution >= 0.6 is 11.8 Å². The first-order valence-corrected chi connectivity index (χ1v) is 7.98. The van der Waals surface area contributed by atoms with E-state index in [9.17, 15) is 22.8 Å². The van der Waals surface area contributed by atoms with Gasteiger partial charge >= 0.3 is 6.36 Å². The van der Waals surface area contributed by atoms with Crippen LogP contribution in [0.25, 0.3) is 0 Å². The molecule has 2 rings (SSSR count). The summed E-state index contributed by atoms with van der Waals surface area (Å²) in [4.78, 5) is 23.4. The predicted octanol–water partition coefficient (Wildman–Crippen LogP) is 1.82. The molecule has 2 N–H and O–H groups in total.